The van der Waals surface area contributed by atoms with Gasteiger partial charge in [-0.25, -0.2) is 19.9 Å². The Hall–Kier alpha value is -1.88. The van der Waals surface area contributed by atoms with Crippen LogP contribution >= 0.6 is 0 Å². The first-order chi connectivity index (χ1) is 8.61. The van der Waals surface area contributed by atoms with Crippen molar-refractivity contribution in [3.8, 4) is 11.6 Å². The zero-order valence-corrected chi connectivity index (χ0v) is 11.2. The second kappa shape index (κ2) is 5.18. The van der Waals surface area contributed by atoms with Gasteiger partial charge in [-0.15, -0.1) is 0 Å². The van der Waals surface area contributed by atoms with Crippen molar-refractivity contribution in [2.24, 2.45) is 0 Å². The van der Waals surface area contributed by atoms with Crippen LogP contribution in [-0.2, 0) is 6.54 Å². The van der Waals surface area contributed by atoms with Gasteiger partial charge < -0.3 is 5.32 Å². The highest BCUT2D eigenvalue weighted by atomic mass is 15.0. The highest BCUT2D eigenvalue weighted by molar-refractivity contribution is 5.45. The second-order valence-electron chi connectivity index (χ2n) is 4.31. The number of nitrogens with zero attached hydrogens (tertiary/aromatic N) is 4. The molecule has 0 bridgehead atoms. The zero-order valence-electron chi connectivity index (χ0n) is 11.2. The van der Waals surface area contributed by atoms with Crippen molar-refractivity contribution < 1.29 is 0 Å². The molecule has 0 aliphatic heterocycles. The minimum Gasteiger partial charge on any atom is -0.316 e. The van der Waals surface area contributed by atoms with Gasteiger partial charge in [0.1, 0.15) is 0 Å². The lowest BCUT2D eigenvalue weighted by Gasteiger charge is -2.09. The fraction of sp³-hybridized carbons (Fsp3) is 0.385. The number of hydrogen-bond acceptors (Lipinski definition) is 5. The van der Waals surface area contributed by atoms with E-state index < -0.39 is 0 Å². The summed E-state index contributed by atoms with van der Waals surface area (Å²) in [5.74, 6) is 1.16. The molecule has 5 heteroatoms. The summed E-state index contributed by atoms with van der Waals surface area (Å²) < 4.78 is 0. The molecule has 0 unspecified atom stereocenters. The van der Waals surface area contributed by atoms with Crippen molar-refractivity contribution in [1.29, 1.82) is 0 Å². The van der Waals surface area contributed by atoms with Crippen molar-refractivity contribution in [2.45, 2.75) is 27.3 Å². The van der Waals surface area contributed by atoms with Crippen LogP contribution in [0, 0.1) is 20.8 Å². The molecular formula is C13H17N5. The van der Waals surface area contributed by atoms with Crippen molar-refractivity contribution in [3.63, 3.8) is 0 Å². The summed E-state index contributed by atoms with van der Waals surface area (Å²) >= 11 is 0. The summed E-state index contributed by atoms with van der Waals surface area (Å²) in [5.41, 5.74) is 4.10. The molecule has 0 spiro atoms. The molecule has 94 valence electrons. The Morgan fingerprint density at radius 1 is 0.944 bits per heavy atom. The quantitative estimate of drug-likeness (QED) is 0.886. The molecule has 0 fully saturated rings. The van der Waals surface area contributed by atoms with Crippen LogP contribution in [-0.4, -0.2) is 27.0 Å². The first-order valence-electron chi connectivity index (χ1n) is 5.89. The first kappa shape index (κ1) is 12.6. The minimum absolute atomic E-state index is 0.572. The molecule has 0 aliphatic carbocycles. The fourth-order valence-electron chi connectivity index (χ4n) is 1.78. The normalized spacial score (nSPS) is 10.7. The largest absolute Gasteiger partial charge is 0.316 e. The molecule has 18 heavy (non-hydrogen) atoms. The Bertz CT molecular complexity index is 525. The van der Waals surface area contributed by atoms with Gasteiger partial charge in [-0.2, -0.15) is 0 Å². The molecule has 0 aliphatic rings. The van der Waals surface area contributed by atoms with Gasteiger partial charge >= 0.3 is 0 Å². The van der Waals surface area contributed by atoms with Gasteiger partial charge in [-0.05, 0) is 33.4 Å². The molecule has 2 heterocycles. The third kappa shape index (κ3) is 2.51. The maximum atomic E-state index is 4.48. The summed E-state index contributed by atoms with van der Waals surface area (Å²) in [4.78, 5) is 17.5. The zero-order chi connectivity index (χ0) is 13.1. The van der Waals surface area contributed by atoms with E-state index in [0.717, 1.165) is 29.1 Å². The van der Waals surface area contributed by atoms with Crippen LogP contribution in [0.3, 0.4) is 0 Å². The number of aryl methyl sites for hydroxylation is 3. The van der Waals surface area contributed by atoms with E-state index in [2.05, 4.69) is 25.3 Å². The van der Waals surface area contributed by atoms with Gasteiger partial charge in [0, 0.05) is 35.9 Å². The molecule has 0 aromatic carbocycles. The monoisotopic (exact) mass is 243 g/mol. The Morgan fingerprint density at radius 2 is 1.50 bits per heavy atom. The maximum Gasteiger partial charge on any atom is 0.198 e. The maximum absolute atomic E-state index is 4.48. The van der Waals surface area contributed by atoms with Gasteiger partial charge in [-0.1, -0.05) is 0 Å². The Kier molecular flexibility index (Phi) is 3.62. The van der Waals surface area contributed by atoms with Gasteiger partial charge in [-0.3, -0.25) is 0 Å². The van der Waals surface area contributed by atoms with E-state index in [1.807, 2.05) is 27.8 Å². The molecule has 1 N–H and O–H groups in total. The van der Waals surface area contributed by atoms with Crippen molar-refractivity contribution in [1.82, 2.24) is 25.3 Å². The molecular weight excluding hydrogens is 226 g/mol. The summed E-state index contributed by atoms with van der Waals surface area (Å²) in [6, 6.07) is 0. The van der Waals surface area contributed by atoms with Gasteiger partial charge in [0.25, 0.3) is 0 Å². The molecule has 2 aromatic rings. The summed E-state index contributed by atoms with van der Waals surface area (Å²) in [6.45, 7) is 6.70. The predicted molar refractivity (Wildman–Crippen MR) is 70.0 cm³/mol. The Morgan fingerprint density at radius 3 is 2.00 bits per heavy atom. The highest BCUT2D eigenvalue weighted by Crippen LogP contribution is 2.15. The van der Waals surface area contributed by atoms with E-state index in [4.69, 9.17) is 0 Å². The lowest BCUT2D eigenvalue weighted by Crippen LogP contribution is -2.12. The van der Waals surface area contributed by atoms with E-state index >= 15 is 0 Å². The highest BCUT2D eigenvalue weighted by Gasteiger charge is 2.10. The Balaban J connectivity index is 2.44. The first-order valence-corrected chi connectivity index (χ1v) is 5.89. The van der Waals surface area contributed by atoms with E-state index in [1.165, 1.54) is 0 Å². The second-order valence-corrected chi connectivity index (χ2v) is 4.31. The van der Waals surface area contributed by atoms with E-state index in [1.54, 1.807) is 12.4 Å². The number of rotatable bonds is 3. The van der Waals surface area contributed by atoms with Gasteiger partial charge in [0.15, 0.2) is 11.6 Å². The van der Waals surface area contributed by atoms with Crippen LogP contribution < -0.4 is 5.32 Å². The molecule has 0 atom stereocenters. The minimum atomic E-state index is 0.572. The standard InChI is InChI=1S/C13H17N5/c1-8-5-15-12(16-6-8)13-17-9(2)11(7-14-4)10(3)18-13/h5-6,14H,7H2,1-4H3. The van der Waals surface area contributed by atoms with Crippen molar-refractivity contribution >= 4 is 0 Å². The van der Waals surface area contributed by atoms with Gasteiger partial charge in [0.05, 0.1) is 0 Å². The van der Waals surface area contributed by atoms with E-state index in [0.29, 0.717) is 11.6 Å². The molecule has 0 saturated carbocycles. The summed E-state index contributed by atoms with van der Waals surface area (Å²) in [7, 11) is 1.91. The van der Waals surface area contributed by atoms with Crippen LogP contribution in [0.2, 0.25) is 0 Å². The summed E-state index contributed by atoms with van der Waals surface area (Å²) in [5, 5.41) is 3.12. The van der Waals surface area contributed by atoms with E-state index in [9.17, 15) is 0 Å². The van der Waals surface area contributed by atoms with Crippen LogP contribution in [0.5, 0.6) is 0 Å². The van der Waals surface area contributed by atoms with E-state index in [-0.39, 0.29) is 0 Å². The smallest absolute Gasteiger partial charge is 0.198 e. The van der Waals surface area contributed by atoms with Crippen LogP contribution in [0.15, 0.2) is 12.4 Å². The molecule has 0 amide bonds. The summed E-state index contributed by atoms with van der Waals surface area (Å²) in [6.07, 6.45) is 3.55. The molecule has 2 rings (SSSR count). The number of hydrogen-bond donors (Lipinski definition) is 1. The molecule has 0 radical (unpaired) electrons. The average Bonchev–Trinajstić information content (AvgIpc) is 2.34. The lowest BCUT2D eigenvalue weighted by atomic mass is 10.1. The van der Waals surface area contributed by atoms with Crippen molar-refractivity contribution in [3.05, 3.63) is 34.9 Å². The number of aromatic nitrogens is 4. The average molecular weight is 243 g/mol. The van der Waals surface area contributed by atoms with Crippen molar-refractivity contribution in [2.75, 3.05) is 7.05 Å². The molecule has 2 aromatic heterocycles. The fourth-order valence-corrected chi connectivity index (χ4v) is 1.78. The third-order valence-electron chi connectivity index (χ3n) is 2.76. The lowest BCUT2D eigenvalue weighted by molar-refractivity contribution is 0.786. The molecule has 0 saturated heterocycles. The molecule has 5 nitrogen and oxygen atoms in total. The SMILES string of the molecule is CNCc1c(C)nc(-c2ncc(C)cn2)nc1C. The number of nitrogens with one attached hydrogen (secondary N) is 1. The Labute approximate surface area is 107 Å². The third-order valence-corrected chi connectivity index (χ3v) is 2.76. The van der Waals surface area contributed by atoms with Gasteiger partial charge in [0.2, 0.25) is 0 Å². The predicted octanol–water partition coefficient (Wildman–Crippen LogP) is 1.58. The topological polar surface area (TPSA) is 63.6 Å². The van der Waals surface area contributed by atoms with Crippen LogP contribution in [0.1, 0.15) is 22.5 Å². The van der Waals surface area contributed by atoms with Crippen LogP contribution in [0.25, 0.3) is 11.6 Å². The van der Waals surface area contributed by atoms with Crippen LogP contribution in [0.4, 0.5) is 0 Å².